The number of methoxy groups -OCH3 is 1. The molecule has 2 aromatic rings. The third kappa shape index (κ3) is 3.68. The number of nitrogens with zero attached hydrogens (tertiary/aromatic N) is 3. The number of sulfonamides is 1. The first-order valence-corrected chi connectivity index (χ1v) is 9.49. The maximum absolute atomic E-state index is 12.8. The number of hydrogen-bond acceptors (Lipinski definition) is 6. The highest BCUT2D eigenvalue weighted by Crippen LogP contribution is 2.39. The molecule has 8 nitrogen and oxygen atoms in total. The predicted octanol–water partition coefficient (Wildman–Crippen LogP) is 0.923. The van der Waals surface area contributed by atoms with E-state index in [4.69, 9.17) is 4.74 Å². The minimum absolute atomic E-state index is 0.00861. The summed E-state index contributed by atoms with van der Waals surface area (Å²) >= 11 is 0. The summed E-state index contributed by atoms with van der Waals surface area (Å²) in [6.07, 6.45) is 2.31. The minimum Gasteiger partial charge on any atom is -0.481 e. The fourth-order valence-electron chi connectivity index (χ4n) is 3.10. The van der Waals surface area contributed by atoms with E-state index in [9.17, 15) is 13.5 Å². The van der Waals surface area contributed by atoms with E-state index in [0.717, 1.165) is 5.56 Å². The van der Waals surface area contributed by atoms with E-state index in [1.165, 1.54) is 17.9 Å². The van der Waals surface area contributed by atoms with Gasteiger partial charge in [-0.3, -0.25) is 4.68 Å². The molecule has 1 fully saturated rings. The molecule has 0 saturated heterocycles. The molecule has 2 N–H and O–H groups in total. The molecular formula is C16H22N4O4S. The van der Waals surface area contributed by atoms with E-state index < -0.39 is 16.1 Å². The minimum atomic E-state index is -3.76. The summed E-state index contributed by atoms with van der Waals surface area (Å²) in [7, 11) is -0.643. The van der Waals surface area contributed by atoms with Crippen LogP contribution < -0.4 is 9.46 Å². The maximum atomic E-state index is 12.8. The highest BCUT2D eigenvalue weighted by atomic mass is 32.2. The standard InChI is InChI=1S/C16H22N4O4S/c1-10-6-15(20(2)18-10)25(22,23)19-16(12-7-13(21)8-12)11-4-5-14(24-3)17-9-11/h4-6,9,12-13,16,19,21H,7-8H2,1-3H3/t12?,13?,16-/m1/s1. The molecule has 2 aromatic heterocycles. The normalized spacial score (nSPS) is 21.6. The van der Waals surface area contributed by atoms with E-state index in [2.05, 4.69) is 14.8 Å². The second-order valence-electron chi connectivity index (χ2n) is 6.37. The smallest absolute Gasteiger partial charge is 0.258 e. The van der Waals surface area contributed by atoms with Gasteiger partial charge >= 0.3 is 0 Å². The fraction of sp³-hybridized carbons (Fsp3) is 0.500. The largest absolute Gasteiger partial charge is 0.481 e. The number of ether oxygens (including phenoxy) is 1. The van der Waals surface area contributed by atoms with Gasteiger partial charge in [0.15, 0.2) is 5.03 Å². The maximum Gasteiger partial charge on any atom is 0.258 e. The van der Waals surface area contributed by atoms with E-state index in [0.29, 0.717) is 24.4 Å². The van der Waals surface area contributed by atoms with Crippen molar-refractivity contribution >= 4 is 10.0 Å². The van der Waals surface area contributed by atoms with Crippen molar-refractivity contribution in [1.82, 2.24) is 19.5 Å². The highest BCUT2D eigenvalue weighted by molar-refractivity contribution is 7.89. The molecule has 1 aliphatic rings. The van der Waals surface area contributed by atoms with E-state index in [1.54, 1.807) is 32.3 Å². The first-order valence-electron chi connectivity index (χ1n) is 8.01. The molecule has 0 unspecified atom stereocenters. The van der Waals surface area contributed by atoms with Gasteiger partial charge in [0.25, 0.3) is 10.0 Å². The van der Waals surface area contributed by atoms with Crippen molar-refractivity contribution in [3.05, 3.63) is 35.7 Å². The Labute approximate surface area is 146 Å². The molecule has 1 atom stereocenters. The van der Waals surface area contributed by atoms with Crippen LogP contribution in [0.1, 0.15) is 30.1 Å². The van der Waals surface area contributed by atoms with Crippen molar-refractivity contribution in [1.29, 1.82) is 0 Å². The summed E-state index contributed by atoms with van der Waals surface area (Å²) in [6.45, 7) is 1.74. The van der Waals surface area contributed by atoms with Gasteiger partial charge in [-0.1, -0.05) is 6.07 Å². The van der Waals surface area contributed by atoms with Gasteiger partial charge in [-0.15, -0.1) is 0 Å². The van der Waals surface area contributed by atoms with E-state index >= 15 is 0 Å². The van der Waals surface area contributed by atoms with Crippen molar-refractivity contribution in [2.24, 2.45) is 13.0 Å². The highest BCUT2D eigenvalue weighted by Gasteiger charge is 2.38. The molecule has 0 aromatic carbocycles. The lowest BCUT2D eigenvalue weighted by molar-refractivity contribution is 0.0279. The molecule has 25 heavy (non-hydrogen) atoms. The summed E-state index contributed by atoms with van der Waals surface area (Å²) in [5.74, 6) is 0.468. The zero-order chi connectivity index (χ0) is 18.2. The average Bonchev–Trinajstić information content (AvgIpc) is 2.89. The predicted molar refractivity (Wildman–Crippen MR) is 90.5 cm³/mol. The fourth-order valence-corrected chi connectivity index (χ4v) is 4.60. The van der Waals surface area contributed by atoms with Crippen LogP contribution in [0.2, 0.25) is 0 Å². The van der Waals surface area contributed by atoms with E-state index in [1.807, 2.05) is 0 Å². The van der Waals surface area contributed by atoms with Crippen LogP contribution in [0, 0.1) is 12.8 Å². The van der Waals surface area contributed by atoms with Crippen LogP contribution in [0.3, 0.4) is 0 Å². The van der Waals surface area contributed by atoms with E-state index in [-0.39, 0.29) is 17.0 Å². The van der Waals surface area contributed by atoms with Crippen LogP contribution in [0.4, 0.5) is 0 Å². The second kappa shape index (κ2) is 6.74. The van der Waals surface area contributed by atoms with Crippen LogP contribution >= 0.6 is 0 Å². The van der Waals surface area contributed by atoms with Crippen molar-refractivity contribution < 1.29 is 18.3 Å². The molecule has 1 aliphatic carbocycles. The van der Waals surface area contributed by atoms with Gasteiger partial charge in [0.05, 0.1) is 24.9 Å². The molecule has 0 aliphatic heterocycles. The van der Waals surface area contributed by atoms with Gasteiger partial charge in [0, 0.05) is 19.3 Å². The Morgan fingerprint density at radius 1 is 1.40 bits per heavy atom. The number of rotatable bonds is 6. The topological polar surface area (TPSA) is 106 Å². The van der Waals surface area contributed by atoms with Gasteiger partial charge in [0.2, 0.25) is 5.88 Å². The lowest BCUT2D eigenvalue weighted by Gasteiger charge is -2.37. The summed E-state index contributed by atoms with van der Waals surface area (Å²) < 4.78 is 34.8. The second-order valence-corrected chi connectivity index (χ2v) is 8.03. The van der Waals surface area contributed by atoms with Gasteiger partial charge in [-0.25, -0.2) is 18.1 Å². The number of aryl methyl sites for hydroxylation is 2. The monoisotopic (exact) mass is 366 g/mol. The third-order valence-corrected chi connectivity index (χ3v) is 5.96. The summed E-state index contributed by atoms with van der Waals surface area (Å²) in [6, 6.07) is 4.54. The summed E-state index contributed by atoms with van der Waals surface area (Å²) in [5.41, 5.74) is 1.37. The molecule has 2 heterocycles. The SMILES string of the molecule is COc1ccc([C@@H](NS(=O)(=O)c2cc(C)nn2C)C2CC(O)C2)cn1. The molecule has 0 bridgehead atoms. The summed E-state index contributed by atoms with van der Waals surface area (Å²) in [5, 5.41) is 13.8. The number of pyridine rings is 1. The third-order valence-electron chi connectivity index (χ3n) is 4.47. The lowest BCUT2D eigenvalue weighted by Crippen LogP contribution is -2.41. The number of aliphatic hydroxyl groups is 1. The van der Waals surface area contributed by atoms with Crippen LogP contribution in [0.15, 0.2) is 29.4 Å². The first-order chi connectivity index (χ1) is 11.8. The van der Waals surface area contributed by atoms with Crippen molar-refractivity contribution in [3.8, 4) is 5.88 Å². The quantitative estimate of drug-likeness (QED) is 0.787. The molecule has 9 heteroatoms. The Kier molecular flexibility index (Phi) is 4.81. The van der Waals surface area contributed by atoms with Crippen LogP contribution in [-0.4, -0.2) is 41.5 Å². The number of nitrogens with one attached hydrogen (secondary N) is 1. The van der Waals surface area contributed by atoms with Gasteiger partial charge in [-0.2, -0.15) is 5.10 Å². The molecule has 3 rings (SSSR count). The van der Waals surface area contributed by atoms with Crippen LogP contribution in [-0.2, 0) is 17.1 Å². The van der Waals surface area contributed by atoms with Gasteiger partial charge in [0.1, 0.15) is 0 Å². The Balaban J connectivity index is 1.90. The van der Waals surface area contributed by atoms with Gasteiger partial charge in [-0.05, 0) is 37.3 Å². The number of hydrogen-bond donors (Lipinski definition) is 2. The van der Waals surface area contributed by atoms with Crippen molar-refractivity contribution in [3.63, 3.8) is 0 Å². The number of aliphatic hydroxyl groups excluding tert-OH is 1. The first kappa shape index (κ1) is 17.8. The van der Waals surface area contributed by atoms with Crippen molar-refractivity contribution in [2.75, 3.05) is 7.11 Å². The van der Waals surface area contributed by atoms with Crippen LogP contribution in [0.5, 0.6) is 5.88 Å². The zero-order valence-electron chi connectivity index (χ0n) is 14.4. The Bertz CT molecular complexity index is 842. The molecule has 1 saturated carbocycles. The average molecular weight is 366 g/mol. The van der Waals surface area contributed by atoms with Gasteiger partial charge < -0.3 is 9.84 Å². The Morgan fingerprint density at radius 2 is 2.12 bits per heavy atom. The molecule has 136 valence electrons. The molecule has 0 amide bonds. The van der Waals surface area contributed by atoms with Crippen LogP contribution in [0.25, 0.3) is 0 Å². The Morgan fingerprint density at radius 3 is 2.60 bits per heavy atom. The molecular weight excluding hydrogens is 344 g/mol. The van der Waals surface area contributed by atoms with Crippen molar-refractivity contribution in [2.45, 2.75) is 36.9 Å². The molecule has 0 spiro atoms. The lowest BCUT2D eigenvalue weighted by atomic mass is 9.76. The molecule has 0 radical (unpaired) electrons. The Hall–Kier alpha value is -1.97. The number of aromatic nitrogens is 3. The zero-order valence-corrected chi connectivity index (χ0v) is 15.2. The summed E-state index contributed by atoms with van der Waals surface area (Å²) in [4.78, 5) is 4.17.